The van der Waals surface area contributed by atoms with Gasteiger partial charge in [-0.3, -0.25) is 0 Å². The minimum Gasteiger partial charge on any atom is -0.370 e. The monoisotopic (exact) mass is 424 g/mol. The average Bonchev–Trinajstić information content (AvgIpc) is 2.85. The molecule has 0 aliphatic carbocycles. The van der Waals surface area contributed by atoms with Crippen LogP contribution in [0.1, 0.15) is 64.1 Å². The van der Waals surface area contributed by atoms with Crippen LogP contribution in [0.2, 0.25) is 0 Å². The van der Waals surface area contributed by atoms with Crippen molar-refractivity contribution in [2.45, 2.75) is 65.3 Å². The Balaban J connectivity index is 0.00000400. The van der Waals surface area contributed by atoms with Gasteiger partial charge in [0.1, 0.15) is 0 Å². The molecule has 0 fully saturated rings. The summed E-state index contributed by atoms with van der Waals surface area (Å²) in [5, 5.41) is 6.37. The molecule has 3 N–H and O–H groups in total. The molecule has 0 spiro atoms. The average molecular weight is 424 g/mol. The Labute approximate surface area is 150 Å². The highest BCUT2D eigenvalue weighted by Crippen LogP contribution is 2.25. The summed E-state index contributed by atoms with van der Waals surface area (Å²) in [6.45, 7) is 10.2. The van der Waals surface area contributed by atoms with Crippen LogP contribution >= 0.6 is 35.3 Å². The fraction of sp³-hybridized carbons (Fsp3) is 0.733. The third kappa shape index (κ3) is 8.60. The van der Waals surface area contributed by atoms with Gasteiger partial charge in [0, 0.05) is 17.3 Å². The SMILES string of the molecule is CCCCCCNC(N)=NCc1csc(C(C)(C)C)n1.I. The molecule has 0 bridgehead atoms. The fourth-order valence-electron chi connectivity index (χ4n) is 1.71. The molecular weight excluding hydrogens is 395 g/mol. The van der Waals surface area contributed by atoms with Gasteiger partial charge in [-0.05, 0) is 6.42 Å². The molecule has 0 aliphatic rings. The van der Waals surface area contributed by atoms with E-state index in [1.165, 1.54) is 19.3 Å². The Morgan fingerprint density at radius 3 is 2.62 bits per heavy atom. The summed E-state index contributed by atoms with van der Waals surface area (Å²) in [4.78, 5) is 8.94. The lowest BCUT2D eigenvalue weighted by Gasteiger charge is -2.13. The molecule has 0 amide bonds. The second-order valence-electron chi connectivity index (χ2n) is 6.08. The van der Waals surface area contributed by atoms with E-state index < -0.39 is 0 Å². The third-order valence-corrected chi connectivity index (χ3v) is 4.26. The summed E-state index contributed by atoms with van der Waals surface area (Å²) < 4.78 is 0. The lowest BCUT2D eigenvalue weighted by atomic mass is 9.98. The Morgan fingerprint density at radius 1 is 1.33 bits per heavy atom. The molecular formula is C15H29IN4S. The van der Waals surface area contributed by atoms with Crippen LogP contribution in [0.25, 0.3) is 0 Å². The topological polar surface area (TPSA) is 63.3 Å². The second-order valence-corrected chi connectivity index (χ2v) is 6.94. The van der Waals surface area contributed by atoms with Crippen LogP contribution in [-0.4, -0.2) is 17.5 Å². The predicted octanol–water partition coefficient (Wildman–Crippen LogP) is 4.04. The van der Waals surface area contributed by atoms with Crippen molar-refractivity contribution in [3.63, 3.8) is 0 Å². The van der Waals surface area contributed by atoms with Crippen molar-refractivity contribution < 1.29 is 0 Å². The molecule has 0 atom stereocenters. The maximum Gasteiger partial charge on any atom is 0.188 e. The molecule has 1 aromatic heterocycles. The van der Waals surface area contributed by atoms with Gasteiger partial charge in [0.25, 0.3) is 0 Å². The van der Waals surface area contributed by atoms with E-state index in [1.54, 1.807) is 11.3 Å². The molecule has 0 aromatic carbocycles. The van der Waals surface area contributed by atoms with Gasteiger partial charge in [0.2, 0.25) is 0 Å². The first-order chi connectivity index (χ1) is 9.43. The highest BCUT2D eigenvalue weighted by Gasteiger charge is 2.17. The van der Waals surface area contributed by atoms with Crippen LogP contribution in [0.3, 0.4) is 0 Å². The van der Waals surface area contributed by atoms with Crippen molar-refractivity contribution in [1.29, 1.82) is 0 Å². The van der Waals surface area contributed by atoms with Crippen LogP contribution in [0.5, 0.6) is 0 Å². The largest absolute Gasteiger partial charge is 0.370 e. The first kappa shape index (κ1) is 20.6. The molecule has 122 valence electrons. The van der Waals surface area contributed by atoms with E-state index in [0.29, 0.717) is 12.5 Å². The first-order valence-electron chi connectivity index (χ1n) is 7.42. The summed E-state index contributed by atoms with van der Waals surface area (Å²) in [5.41, 5.74) is 6.95. The van der Waals surface area contributed by atoms with Crippen LogP contribution in [0.15, 0.2) is 10.4 Å². The zero-order valence-corrected chi connectivity index (χ0v) is 16.8. The van der Waals surface area contributed by atoms with Crippen molar-refractivity contribution in [2.75, 3.05) is 6.54 Å². The number of rotatable bonds is 7. The molecule has 1 rings (SSSR count). The molecule has 0 saturated carbocycles. The fourth-order valence-corrected chi connectivity index (χ4v) is 2.61. The third-order valence-electron chi connectivity index (χ3n) is 2.94. The van der Waals surface area contributed by atoms with Crippen molar-refractivity contribution in [3.8, 4) is 0 Å². The Bertz CT molecular complexity index is 424. The first-order valence-corrected chi connectivity index (χ1v) is 8.30. The molecule has 0 unspecified atom stereocenters. The number of guanidine groups is 1. The van der Waals surface area contributed by atoms with E-state index in [0.717, 1.165) is 23.7 Å². The highest BCUT2D eigenvalue weighted by molar-refractivity contribution is 14.0. The van der Waals surface area contributed by atoms with Crippen LogP contribution in [-0.2, 0) is 12.0 Å². The summed E-state index contributed by atoms with van der Waals surface area (Å²) in [7, 11) is 0. The number of hydrogen-bond acceptors (Lipinski definition) is 3. The molecule has 1 aromatic rings. The minimum atomic E-state index is 0. The quantitative estimate of drug-likeness (QED) is 0.301. The molecule has 4 nitrogen and oxygen atoms in total. The zero-order valence-electron chi connectivity index (χ0n) is 13.6. The van der Waals surface area contributed by atoms with Gasteiger partial charge in [-0.15, -0.1) is 35.3 Å². The number of halogens is 1. The van der Waals surface area contributed by atoms with E-state index in [-0.39, 0.29) is 29.4 Å². The number of aromatic nitrogens is 1. The number of nitrogens with two attached hydrogens (primary N) is 1. The highest BCUT2D eigenvalue weighted by atomic mass is 127. The van der Waals surface area contributed by atoms with E-state index in [9.17, 15) is 0 Å². The number of nitrogens with one attached hydrogen (secondary N) is 1. The Kier molecular flexibility index (Phi) is 10.2. The smallest absolute Gasteiger partial charge is 0.188 e. The summed E-state index contributed by atoms with van der Waals surface area (Å²) >= 11 is 1.69. The summed E-state index contributed by atoms with van der Waals surface area (Å²) in [6, 6.07) is 0. The van der Waals surface area contributed by atoms with E-state index in [4.69, 9.17) is 5.73 Å². The number of unbranched alkanes of at least 4 members (excludes halogenated alkanes) is 3. The van der Waals surface area contributed by atoms with Gasteiger partial charge in [-0.25, -0.2) is 9.98 Å². The predicted molar refractivity (Wildman–Crippen MR) is 104 cm³/mol. The standard InChI is InChI=1S/C15H28N4S.HI/c1-5-6-7-8-9-17-14(16)18-10-12-11-20-13(19-12)15(2,3)4;/h11H,5-10H2,1-4H3,(H3,16,17,18);1H. The summed E-state index contributed by atoms with van der Waals surface area (Å²) in [5.74, 6) is 0.520. The maximum absolute atomic E-state index is 5.84. The van der Waals surface area contributed by atoms with Crippen molar-refractivity contribution in [2.24, 2.45) is 10.7 Å². The van der Waals surface area contributed by atoms with Crippen LogP contribution < -0.4 is 11.1 Å². The normalized spacial score (nSPS) is 12.1. The Hall–Kier alpha value is -0.370. The van der Waals surface area contributed by atoms with Crippen LogP contribution in [0.4, 0.5) is 0 Å². The zero-order chi connectivity index (χ0) is 15.0. The minimum absolute atomic E-state index is 0. The lowest BCUT2D eigenvalue weighted by Crippen LogP contribution is -2.32. The number of hydrogen-bond donors (Lipinski definition) is 2. The number of nitrogens with zero attached hydrogens (tertiary/aromatic N) is 2. The van der Waals surface area contributed by atoms with E-state index in [1.807, 2.05) is 0 Å². The second kappa shape index (κ2) is 10.4. The van der Waals surface area contributed by atoms with E-state index in [2.05, 4.69) is 48.4 Å². The van der Waals surface area contributed by atoms with Crippen molar-refractivity contribution >= 4 is 41.3 Å². The molecule has 1 heterocycles. The van der Waals surface area contributed by atoms with Crippen LogP contribution in [0, 0.1) is 0 Å². The van der Waals surface area contributed by atoms with E-state index >= 15 is 0 Å². The molecule has 0 saturated heterocycles. The van der Waals surface area contributed by atoms with Gasteiger partial charge < -0.3 is 11.1 Å². The molecule has 21 heavy (non-hydrogen) atoms. The van der Waals surface area contributed by atoms with Gasteiger partial charge >= 0.3 is 0 Å². The maximum atomic E-state index is 5.84. The Morgan fingerprint density at radius 2 is 2.05 bits per heavy atom. The van der Waals surface area contributed by atoms with Crippen molar-refractivity contribution in [1.82, 2.24) is 10.3 Å². The molecule has 6 heteroatoms. The summed E-state index contributed by atoms with van der Waals surface area (Å²) in [6.07, 6.45) is 4.93. The molecule has 0 aliphatic heterocycles. The van der Waals surface area contributed by atoms with Gasteiger partial charge in [-0.2, -0.15) is 0 Å². The van der Waals surface area contributed by atoms with Gasteiger partial charge in [-0.1, -0.05) is 47.0 Å². The number of aliphatic imine (C=N–C) groups is 1. The molecule has 0 radical (unpaired) electrons. The van der Waals surface area contributed by atoms with Crippen molar-refractivity contribution in [3.05, 3.63) is 16.1 Å². The van der Waals surface area contributed by atoms with Gasteiger partial charge in [0.05, 0.1) is 17.2 Å². The van der Waals surface area contributed by atoms with Gasteiger partial charge in [0.15, 0.2) is 5.96 Å². The number of thiazole rings is 1. The lowest BCUT2D eigenvalue weighted by molar-refractivity contribution is 0.583.